The number of amides is 1. The van der Waals surface area contributed by atoms with Gasteiger partial charge in [-0.25, -0.2) is 9.97 Å². The van der Waals surface area contributed by atoms with Crippen LogP contribution in [0.4, 0.5) is 11.6 Å². The van der Waals surface area contributed by atoms with Crippen LogP contribution in [-0.4, -0.2) is 36.0 Å². The third-order valence-electron chi connectivity index (χ3n) is 3.61. The molecule has 1 fully saturated rings. The molecular formula is C14H23N5O. The Hall–Kier alpha value is -1.85. The van der Waals surface area contributed by atoms with E-state index in [1.807, 2.05) is 0 Å². The zero-order valence-electron chi connectivity index (χ0n) is 12.2. The summed E-state index contributed by atoms with van der Waals surface area (Å²) in [7, 11) is 1.68. The van der Waals surface area contributed by atoms with Crippen molar-refractivity contribution in [1.29, 1.82) is 0 Å². The highest BCUT2D eigenvalue weighted by Gasteiger charge is 2.26. The Morgan fingerprint density at radius 3 is 3.05 bits per heavy atom. The van der Waals surface area contributed by atoms with Gasteiger partial charge in [-0.1, -0.05) is 6.92 Å². The van der Waals surface area contributed by atoms with Crippen LogP contribution in [-0.2, 0) is 11.2 Å². The van der Waals surface area contributed by atoms with Crippen LogP contribution in [0.1, 0.15) is 32.0 Å². The van der Waals surface area contributed by atoms with E-state index >= 15 is 0 Å². The van der Waals surface area contributed by atoms with Gasteiger partial charge in [-0.15, -0.1) is 0 Å². The lowest BCUT2D eigenvalue weighted by Gasteiger charge is -2.32. The molecular weight excluding hydrogens is 254 g/mol. The lowest BCUT2D eigenvalue weighted by atomic mass is 9.97. The zero-order chi connectivity index (χ0) is 14.5. The van der Waals surface area contributed by atoms with E-state index in [2.05, 4.69) is 27.1 Å². The minimum atomic E-state index is 0.0274. The fourth-order valence-corrected chi connectivity index (χ4v) is 2.60. The molecule has 1 unspecified atom stereocenters. The van der Waals surface area contributed by atoms with E-state index in [9.17, 15) is 4.79 Å². The highest BCUT2D eigenvalue weighted by molar-refractivity contribution is 5.79. The number of nitrogens with zero attached hydrogens (tertiary/aromatic N) is 3. The maximum absolute atomic E-state index is 11.8. The van der Waals surface area contributed by atoms with Crippen LogP contribution in [0.15, 0.2) is 6.07 Å². The molecule has 1 amide bonds. The van der Waals surface area contributed by atoms with E-state index in [1.165, 1.54) is 0 Å². The first kappa shape index (κ1) is 14.6. The van der Waals surface area contributed by atoms with Gasteiger partial charge in [0.2, 0.25) is 5.91 Å². The molecule has 3 N–H and O–H groups in total. The highest BCUT2D eigenvalue weighted by Crippen LogP contribution is 2.23. The molecule has 1 aliphatic heterocycles. The third kappa shape index (κ3) is 3.37. The van der Waals surface area contributed by atoms with E-state index in [0.717, 1.165) is 43.9 Å². The van der Waals surface area contributed by atoms with Crippen LogP contribution in [0.3, 0.4) is 0 Å². The molecule has 0 aromatic carbocycles. The fraction of sp³-hybridized carbons (Fsp3) is 0.643. The van der Waals surface area contributed by atoms with Crippen molar-refractivity contribution in [2.75, 3.05) is 30.8 Å². The lowest BCUT2D eigenvalue weighted by molar-refractivity contribution is -0.124. The van der Waals surface area contributed by atoms with Crippen LogP contribution >= 0.6 is 0 Å². The summed E-state index contributed by atoms with van der Waals surface area (Å²) in [5.74, 6) is 2.25. The Labute approximate surface area is 119 Å². The summed E-state index contributed by atoms with van der Waals surface area (Å²) in [5, 5.41) is 2.73. The number of anilines is 2. The number of hydrogen-bond donors (Lipinski definition) is 2. The molecule has 0 saturated carbocycles. The lowest BCUT2D eigenvalue weighted by Crippen LogP contribution is -2.42. The average Bonchev–Trinajstić information content (AvgIpc) is 2.46. The van der Waals surface area contributed by atoms with Gasteiger partial charge in [-0.3, -0.25) is 4.79 Å². The first-order valence-electron chi connectivity index (χ1n) is 7.24. The van der Waals surface area contributed by atoms with Crippen molar-refractivity contribution < 1.29 is 4.79 Å². The molecule has 1 atom stereocenters. The molecule has 1 aromatic rings. The van der Waals surface area contributed by atoms with Crippen LogP contribution in [0.5, 0.6) is 0 Å². The smallest absolute Gasteiger partial charge is 0.224 e. The molecule has 2 rings (SSSR count). The number of aromatic nitrogens is 2. The molecule has 6 nitrogen and oxygen atoms in total. The summed E-state index contributed by atoms with van der Waals surface area (Å²) in [5.41, 5.74) is 5.86. The highest BCUT2D eigenvalue weighted by atomic mass is 16.1. The van der Waals surface area contributed by atoms with Crippen molar-refractivity contribution in [2.24, 2.45) is 5.92 Å². The number of carbonyl (C=O) groups excluding carboxylic acids is 1. The van der Waals surface area contributed by atoms with Gasteiger partial charge in [-0.2, -0.15) is 0 Å². The second-order valence-corrected chi connectivity index (χ2v) is 5.22. The molecule has 20 heavy (non-hydrogen) atoms. The SMILES string of the molecule is CCCc1nc(N)cc(N2CCCC(C(=O)NC)C2)n1. The van der Waals surface area contributed by atoms with Gasteiger partial charge in [0.05, 0.1) is 5.92 Å². The van der Waals surface area contributed by atoms with Crippen molar-refractivity contribution in [3.05, 3.63) is 11.9 Å². The molecule has 1 aliphatic rings. The summed E-state index contributed by atoms with van der Waals surface area (Å²) in [6.45, 7) is 3.70. The molecule has 1 aromatic heterocycles. The average molecular weight is 277 g/mol. The van der Waals surface area contributed by atoms with Gasteiger partial charge < -0.3 is 16.0 Å². The molecule has 0 radical (unpaired) electrons. The standard InChI is InChI=1S/C14H23N5O/c1-3-5-12-17-11(15)8-13(18-12)19-7-4-6-10(9-19)14(20)16-2/h8,10H,3-7,9H2,1-2H3,(H,16,20)(H2,15,17,18). The minimum Gasteiger partial charge on any atom is -0.384 e. The molecule has 1 saturated heterocycles. The summed E-state index contributed by atoms with van der Waals surface area (Å²) in [6.07, 6.45) is 3.73. The predicted molar refractivity (Wildman–Crippen MR) is 79.4 cm³/mol. The number of nitrogens with two attached hydrogens (primary N) is 1. The molecule has 0 bridgehead atoms. The van der Waals surface area contributed by atoms with Crippen molar-refractivity contribution in [2.45, 2.75) is 32.6 Å². The maximum atomic E-state index is 11.8. The summed E-state index contributed by atoms with van der Waals surface area (Å²) >= 11 is 0. The largest absolute Gasteiger partial charge is 0.384 e. The first-order valence-corrected chi connectivity index (χ1v) is 7.24. The van der Waals surface area contributed by atoms with Crippen molar-refractivity contribution in [3.63, 3.8) is 0 Å². The normalized spacial score (nSPS) is 18.9. The molecule has 0 spiro atoms. The summed E-state index contributed by atoms with van der Waals surface area (Å²) < 4.78 is 0. The molecule has 110 valence electrons. The Balaban J connectivity index is 2.15. The second kappa shape index (κ2) is 6.54. The molecule has 0 aliphatic carbocycles. The van der Waals surface area contributed by atoms with Crippen LogP contribution in [0.2, 0.25) is 0 Å². The summed E-state index contributed by atoms with van der Waals surface area (Å²) in [4.78, 5) is 22.7. The number of piperidine rings is 1. The first-order chi connectivity index (χ1) is 9.63. The van der Waals surface area contributed by atoms with E-state index < -0.39 is 0 Å². The van der Waals surface area contributed by atoms with E-state index in [1.54, 1.807) is 13.1 Å². The van der Waals surface area contributed by atoms with Gasteiger partial charge in [0.15, 0.2) is 0 Å². The number of carbonyl (C=O) groups is 1. The summed E-state index contributed by atoms with van der Waals surface area (Å²) in [6, 6.07) is 1.80. The number of nitrogen functional groups attached to an aromatic ring is 1. The van der Waals surface area contributed by atoms with Gasteiger partial charge >= 0.3 is 0 Å². The fourth-order valence-electron chi connectivity index (χ4n) is 2.60. The number of rotatable bonds is 4. The van der Waals surface area contributed by atoms with Crippen LogP contribution in [0, 0.1) is 5.92 Å². The van der Waals surface area contributed by atoms with Gasteiger partial charge in [0, 0.05) is 32.6 Å². The quantitative estimate of drug-likeness (QED) is 0.857. The number of aryl methyl sites for hydroxylation is 1. The second-order valence-electron chi connectivity index (χ2n) is 5.22. The van der Waals surface area contributed by atoms with Gasteiger partial charge in [-0.05, 0) is 19.3 Å². The Kier molecular flexibility index (Phi) is 4.76. The Bertz CT molecular complexity index is 477. The van der Waals surface area contributed by atoms with Crippen LogP contribution in [0.25, 0.3) is 0 Å². The zero-order valence-corrected chi connectivity index (χ0v) is 12.2. The van der Waals surface area contributed by atoms with E-state index in [-0.39, 0.29) is 11.8 Å². The van der Waals surface area contributed by atoms with E-state index in [0.29, 0.717) is 12.4 Å². The van der Waals surface area contributed by atoms with Crippen molar-refractivity contribution in [1.82, 2.24) is 15.3 Å². The topological polar surface area (TPSA) is 84.1 Å². The number of nitrogens with one attached hydrogen (secondary N) is 1. The minimum absolute atomic E-state index is 0.0274. The van der Waals surface area contributed by atoms with Gasteiger partial charge in [0.1, 0.15) is 17.5 Å². The predicted octanol–water partition coefficient (Wildman–Crippen LogP) is 0.974. The van der Waals surface area contributed by atoms with Gasteiger partial charge in [0.25, 0.3) is 0 Å². The third-order valence-corrected chi connectivity index (χ3v) is 3.61. The monoisotopic (exact) mass is 277 g/mol. The van der Waals surface area contributed by atoms with Crippen molar-refractivity contribution in [3.8, 4) is 0 Å². The number of hydrogen-bond acceptors (Lipinski definition) is 5. The maximum Gasteiger partial charge on any atom is 0.224 e. The molecule has 2 heterocycles. The Morgan fingerprint density at radius 1 is 1.55 bits per heavy atom. The van der Waals surface area contributed by atoms with Crippen LogP contribution < -0.4 is 16.0 Å². The molecule has 6 heteroatoms. The van der Waals surface area contributed by atoms with E-state index in [4.69, 9.17) is 5.73 Å². The Morgan fingerprint density at radius 2 is 2.35 bits per heavy atom. The van der Waals surface area contributed by atoms with Crippen molar-refractivity contribution >= 4 is 17.5 Å².